The van der Waals surface area contributed by atoms with Crippen LogP contribution >= 0.6 is 23.2 Å². The molecule has 2 rings (SSSR count). The first kappa shape index (κ1) is 16.9. The molecule has 0 fully saturated rings. The van der Waals surface area contributed by atoms with E-state index in [1.54, 1.807) is 19.2 Å². The lowest BCUT2D eigenvalue weighted by atomic mass is 10.3. The fourth-order valence-electron chi connectivity index (χ4n) is 1.14. The molecule has 6 nitrogen and oxygen atoms in total. The minimum Gasteiger partial charge on any atom is -0.477 e. The molecule has 1 amide bonds. The van der Waals surface area contributed by atoms with Crippen molar-refractivity contribution in [2.24, 2.45) is 0 Å². The van der Waals surface area contributed by atoms with Crippen LogP contribution in [0.3, 0.4) is 0 Å². The third-order valence-electron chi connectivity index (χ3n) is 2.13. The van der Waals surface area contributed by atoms with Gasteiger partial charge < -0.3 is 10.4 Å². The van der Waals surface area contributed by atoms with Gasteiger partial charge in [-0.3, -0.25) is 4.79 Å². The Balaban J connectivity index is 0.000000211. The van der Waals surface area contributed by atoms with Gasteiger partial charge in [-0.05, 0) is 24.3 Å². The minimum absolute atomic E-state index is 0.00407. The number of halogens is 2. The maximum absolute atomic E-state index is 10.9. The Labute approximate surface area is 130 Å². The molecule has 110 valence electrons. The molecule has 0 saturated carbocycles. The van der Waals surface area contributed by atoms with E-state index in [0.717, 1.165) is 0 Å². The Kier molecular flexibility index (Phi) is 6.58. The zero-order valence-electron chi connectivity index (χ0n) is 10.9. The number of nitrogens with one attached hydrogen (secondary N) is 1. The van der Waals surface area contributed by atoms with Crippen LogP contribution in [0.4, 0.5) is 0 Å². The van der Waals surface area contributed by atoms with Gasteiger partial charge in [0.25, 0.3) is 5.91 Å². The number of nitrogens with zero attached hydrogens (tertiary/aromatic N) is 2. The molecule has 0 aliphatic heterocycles. The molecule has 2 N–H and O–H groups in total. The van der Waals surface area contributed by atoms with Crippen LogP contribution in [-0.4, -0.2) is 34.0 Å². The van der Waals surface area contributed by atoms with Crippen molar-refractivity contribution in [1.29, 1.82) is 0 Å². The van der Waals surface area contributed by atoms with Gasteiger partial charge in [-0.2, -0.15) is 0 Å². The second-order valence-electron chi connectivity index (χ2n) is 3.61. The van der Waals surface area contributed by atoms with Crippen LogP contribution in [-0.2, 0) is 0 Å². The zero-order valence-corrected chi connectivity index (χ0v) is 12.4. The van der Waals surface area contributed by atoms with Crippen molar-refractivity contribution in [3.63, 3.8) is 0 Å². The Hall–Kier alpha value is -2.18. The van der Waals surface area contributed by atoms with Crippen molar-refractivity contribution in [1.82, 2.24) is 15.3 Å². The number of carboxylic acids is 1. The van der Waals surface area contributed by atoms with Crippen molar-refractivity contribution in [3.05, 3.63) is 58.1 Å². The molecular weight excluding hydrogens is 317 g/mol. The number of amides is 1. The number of carbonyl (C=O) groups excluding carboxylic acids is 1. The molecule has 0 atom stereocenters. The Bertz CT molecular complexity index is 616. The average molecular weight is 328 g/mol. The summed E-state index contributed by atoms with van der Waals surface area (Å²) in [4.78, 5) is 28.5. The second kappa shape index (κ2) is 8.18. The molecule has 0 aliphatic carbocycles. The van der Waals surface area contributed by atoms with Crippen LogP contribution in [0, 0.1) is 0 Å². The lowest BCUT2D eigenvalue weighted by Crippen LogP contribution is -2.18. The van der Waals surface area contributed by atoms with E-state index in [2.05, 4.69) is 15.3 Å². The van der Waals surface area contributed by atoms with E-state index in [-0.39, 0.29) is 11.6 Å². The number of aromatic carboxylic acids is 1. The van der Waals surface area contributed by atoms with Gasteiger partial charge in [-0.15, -0.1) is 0 Å². The average Bonchev–Trinajstić information content (AvgIpc) is 2.48. The fraction of sp³-hybridized carbons (Fsp3) is 0.0769. The minimum atomic E-state index is -1.04. The Morgan fingerprint density at radius 2 is 1.48 bits per heavy atom. The topological polar surface area (TPSA) is 92.2 Å². The maximum atomic E-state index is 10.9. The first-order chi connectivity index (χ1) is 9.93. The number of aromatic nitrogens is 2. The molecule has 2 aromatic heterocycles. The summed E-state index contributed by atoms with van der Waals surface area (Å²) >= 11 is 11.0. The van der Waals surface area contributed by atoms with Gasteiger partial charge in [0, 0.05) is 19.4 Å². The third kappa shape index (κ3) is 5.76. The van der Waals surface area contributed by atoms with Crippen LogP contribution in [0.2, 0.25) is 10.0 Å². The lowest BCUT2D eigenvalue weighted by molar-refractivity contribution is 0.0690. The fourth-order valence-corrected chi connectivity index (χ4v) is 1.36. The number of hydrogen-bond acceptors (Lipinski definition) is 4. The van der Waals surface area contributed by atoms with E-state index in [4.69, 9.17) is 28.3 Å². The van der Waals surface area contributed by atoms with Crippen molar-refractivity contribution in [3.8, 4) is 0 Å². The van der Waals surface area contributed by atoms with Gasteiger partial charge in [-0.25, -0.2) is 14.8 Å². The molecule has 0 radical (unpaired) electrons. The van der Waals surface area contributed by atoms with Gasteiger partial charge in [0.15, 0.2) is 0 Å². The number of hydrogen-bond donors (Lipinski definition) is 2. The van der Waals surface area contributed by atoms with Gasteiger partial charge in [0.2, 0.25) is 0 Å². The van der Waals surface area contributed by atoms with E-state index in [1.165, 1.54) is 24.5 Å². The monoisotopic (exact) mass is 327 g/mol. The predicted octanol–water partition coefficient (Wildman–Crippen LogP) is 2.53. The van der Waals surface area contributed by atoms with Crippen molar-refractivity contribution >= 4 is 35.1 Å². The van der Waals surface area contributed by atoms with E-state index in [9.17, 15) is 9.59 Å². The molecule has 0 saturated heterocycles. The summed E-state index contributed by atoms with van der Waals surface area (Å²) < 4.78 is 0. The van der Waals surface area contributed by atoms with Crippen LogP contribution < -0.4 is 5.32 Å². The molecule has 0 unspecified atom stereocenters. The van der Waals surface area contributed by atoms with Crippen LogP contribution in [0.5, 0.6) is 0 Å². The van der Waals surface area contributed by atoms with Gasteiger partial charge >= 0.3 is 5.97 Å². The number of rotatable bonds is 2. The smallest absolute Gasteiger partial charge is 0.354 e. The maximum Gasteiger partial charge on any atom is 0.354 e. The summed E-state index contributed by atoms with van der Waals surface area (Å²) in [7, 11) is 1.55. The molecule has 0 aromatic carbocycles. The highest BCUT2D eigenvalue weighted by Gasteiger charge is 2.02. The molecule has 2 heterocycles. The number of pyridine rings is 2. The van der Waals surface area contributed by atoms with Gasteiger partial charge in [0.05, 0.1) is 10.0 Å². The molecule has 0 bridgehead atoms. The highest BCUT2D eigenvalue weighted by Crippen LogP contribution is 2.06. The molecule has 2 aromatic rings. The predicted molar refractivity (Wildman–Crippen MR) is 78.8 cm³/mol. The zero-order chi connectivity index (χ0) is 15.8. The van der Waals surface area contributed by atoms with Gasteiger partial charge in [-0.1, -0.05) is 23.2 Å². The van der Waals surface area contributed by atoms with Gasteiger partial charge in [0.1, 0.15) is 11.4 Å². The first-order valence-electron chi connectivity index (χ1n) is 5.62. The molecule has 0 spiro atoms. The third-order valence-corrected chi connectivity index (χ3v) is 2.58. The van der Waals surface area contributed by atoms with Crippen molar-refractivity contribution in [2.45, 2.75) is 0 Å². The summed E-state index contributed by atoms with van der Waals surface area (Å²) in [6.45, 7) is 0. The summed E-state index contributed by atoms with van der Waals surface area (Å²) in [6, 6.07) is 6.03. The van der Waals surface area contributed by atoms with Crippen LogP contribution in [0.15, 0.2) is 36.7 Å². The standard InChI is InChI=1S/C7H7ClN2O.C6H4ClNO2/c1-9-7(11)6-3-2-5(8)4-10-6;7-4-1-2-5(6(9)10)8-3-4/h2-4H,1H3,(H,9,11);1-3H,(H,9,10). The Morgan fingerprint density at radius 3 is 1.81 bits per heavy atom. The molecule has 8 heteroatoms. The van der Waals surface area contributed by atoms with Crippen molar-refractivity contribution in [2.75, 3.05) is 7.05 Å². The molecule has 21 heavy (non-hydrogen) atoms. The largest absolute Gasteiger partial charge is 0.477 e. The van der Waals surface area contributed by atoms with Crippen LogP contribution in [0.25, 0.3) is 0 Å². The molecular formula is C13H11Cl2N3O3. The first-order valence-corrected chi connectivity index (χ1v) is 6.38. The SMILES string of the molecule is CNC(=O)c1ccc(Cl)cn1.O=C(O)c1ccc(Cl)cn1. The van der Waals surface area contributed by atoms with E-state index in [0.29, 0.717) is 15.7 Å². The lowest BCUT2D eigenvalue weighted by Gasteiger charge is -1.96. The van der Waals surface area contributed by atoms with Crippen LogP contribution in [0.1, 0.15) is 21.0 Å². The normalized spacial score (nSPS) is 9.29. The van der Waals surface area contributed by atoms with E-state index < -0.39 is 5.97 Å². The number of carbonyl (C=O) groups is 2. The number of carboxylic acid groups (broad SMARTS) is 1. The summed E-state index contributed by atoms with van der Waals surface area (Å²) in [5.74, 6) is -1.25. The second-order valence-corrected chi connectivity index (χ2v) is 4.48. The summed E-state index contributed by atoms with van der Waals surface area (Å²) in [6.07, 6.45) is 2.73. The highest BCUT2D eigenvalue weighted by molar-refractivity contribution is 6.30. The molecule has 0 aliphatic rings. The highest BCUT2D eigenvalue weighted by atomic mass is 35.5. The quantitative estimate of drug-likeness (QED) is 0.884. The van der Waals surface area contributed by atoms with Crippen molar-refractivity contribution < 1.29 is 14.7 Å². The van der Waals surface area contributed by atoms with E-state index in [1.807, 2.05) is 0 Å². The summed E-state index contributed by atoms with van der Waals surface area (Å²) in [5, 5.41) is 11.8. The summed E-state index contributed by atoms with van der Waals surface area (Å²) in [5.41, 5.74) is 0.376. The van der Waals surface area contributed by atoms with E-state index >= 15 is 0 Å². The Morgan fingerprint density at radius 1 is 1.00 bits per heavy atom.